The Kier molecular flexibility index (Phi) is 4.65. The lowest BCUT2D eigenvalue weighted by Gasteiger charge is -2.12. The highest BCUT2D eigenvalue weighted by molar-refractivity contribution is 5.18. The van der Waals surface area contributed by atoms with E-state index in [1.54, 1.807) is 7.11 Å². The molecule has 0 bridgehead atoms. The Morgan fingerprint density at radius 3 is 2.87 bits per heavy atom. The lowest BCUT2D eigenvalue weighted by atomic mass is 10.1. The molecule has 0 fully saturated rings. The second-order valence-corrected chi connectivity index (χ2v) is 3.31. The molecule has 0 radical (unpaired) electrons. The van der Waals surface area contributed by atoms with Gasteiger partial charge in [0.1, 0.15) is 0 Å². The number of likely N-dealkylation sites (N-methyl/N-ethyl adjacent to an activating group) is 1. The van der Waals surface area contributed by atoms with Gasteiger partial charge in [0.25, 0.3) is 0 Å². The van der Waals surface area contributed by atoms with Crippen LogP contribution < -0.4 is 10.1 Å². The van der Waals surface area contributed by atoms with Crippen LogP contribution in [-0.4, -0.2) is 25.2 Å². The van der Waals surface area contributed by atoms with Crippen LogP contribution >= 0.6 is 0 Å². The van der Waals surface area contributed by atoms with Crippen molar-refractivity contribution in [2.24, 2.45) is 0 Å². The van der Waals surface area contributed by atoms with Gasteiger partial charge < -0.3 is 10.1 Å². The molecular weight excluding hydrogens is 188 g/mol. The molecule has 3 heteroatoms. The normalized spacial score (nSPS) is 11.8. The number of nitrogens with zero attached hydrogens (tertiary/aromatic N) is 1. The minimum absolute atomic E-state index is 0.310. The van der Waals surface area contributed by atoms with Crippen LogP contribution in [0.5, 0.6) is 5.88 Å². The molecule has 15 heavy (non-hydrogen) atoms. The van der Waals surface area contributed by atoms with Crippen LogP contribution in [-0.2, 0) is 6.42 Å². The number of pyridine rings is 1. The number of terminal acetylenes is 1. The zero-order chi connectivity index (χ0) is 11.1. The molecule has 1 N–H and O–H groups in total. The van der Waals surface area contributed by atoms with Gasteiger partial charge >= 0.3 is 0 Å². The second-order valence-electron chi connectivity index (χ2n) is 3.31. The summed E-state index contributed by atoms with van der Waals surface area (Å²) in [6.45, 7) is 0. The molecular formula is C12H16N2O. The smallest absolute Gasteiger partial charge is 0.212 e. The zero-order valence-corrected chi connectivity index (χ0v) is 9.16. The molecule has 1 unspecified atom stereocenters. The number of hydrogen-bond donors (Lipinski definition) is 1. The number of hydrogen-bond acceptors (Lipinski definition) is 3. The number of nitrogens with one attached hydrogen (secondary N) is 1. The van der Waals surface area contributed by atoms with E-state index in [9.17, 15) is 0 Å². The maximum absolute atomic E-state index is 5.28. The molecule has 0 aliphatic carbocycles. The maximum atomic E-state index is 5.28. The van der Waals surface area contributed by atoms with Crippen molar-refractivity contribution >= 4 is 0 Å². The fourth-order valence-corrected chi connectivity index (χ4v) is 1.36. The van der Waals surface area contributed by atoms with Crippen molar-refractivity contribution in [2.75, 3.05) is 14.2 Å². The monoisotopic (exact) mass is 204 g/mol. The number of rotatable bonds is 5. The Balaban J connectivity index is 2.59. The molecule has 0 aliphatic rings. The minimum atomic E-state index is 0.310. The van der Waals surface area contributed by atoms with Gasteiger partial charge in [0.15, 0.2) is 0 Å². The molecule has 1 aromatic heterocycles. The van der Waals surface area contributed by atoms with Crippen molar-refractivity contribution in [3.8, 4) is 18.2 Å². The van der Waals surface area contributed by atoms with Crippen LogP contribution in [0.1, 0.15) is 12.0 Å². The SMILES string of the molecule is C#CCC(Cc1ccc(OC)nc1)NC. The first-order valence-corrected chi connectivity index (χ1v) is 4.89. The van der Waals surface area contributed by atoms with Crippen LogP contribution in [0.15, 0.2) is 18.3 Å². The largest absolute Gasteiger partial charge is 0.481 e. The topological polar surface area (TPSA) is 34.1 Å². The lowest BCUT2D eigenvalue weighted by molar-refractivity contribution is 0.397. The molecule has 0 spiro atoms. The molecule has 1 atom stereocenters. The first-order valence-electron chi connectivity index (χ1n) is 4.89. The molecule has 0 saturated carbocycles. The zero-order valence-electron chi connectivity index (χ0n) is 9.16. The predicted molar refractivity (Wildman–Crippen MR) is 60.8 cm³/mol. The summed E-state index contributed by atoms with van der Waals surface area (Å²) >= 11 is 0. The van der Waals surface area contributed by atoms with E-state index in [2.05, 4.69) is 16.2 Å². The minimum Gasteiger partial charge on any atom is -0.481 e. The van der Waals surface area contributed by atoms with Gasteiger partial charge in [-0.2, -0.15) is 0 Å². The van der Waals surface area contributed by atoms with Crippen LogP contribution in [0, 0.1) is 12.3 Å². The summed E-state index contributed by atoms with van der Waals surface area (Å²) in [6, 6.07) is 4.18. The van der Waals surface area contributed by atoms with Gasteiger partial charge in [-0.25, -0.2) is 4.98 Å². The van der Waals surface area contributed by atoms with E-state index in [0.717, 1.165) is 18.4 Å². The van der Waals surface area contributed by atoms with E-state index in [4.69, 9.17) is 11.2 Å². The standard InChI is InChI=1S/C12H16N2O/c1-4-5-11(13-2)8-10-6-7-12(15-3)14-9-10/h1,6-7,9,11,13H,5,8H2,2-3H3. The molecule has 1 heterocycles. The third-order valence-corrected chi connectivity index (χ3v) is 2.26. The molecule has 3 nitrogen and oxygen atoms in total. The summed E-state index contributed by atoms with van der Waals surface area (Å²) in [4.78, 5) is 4.14. The van der Waals surface area contributed by atoms with Crippen molar-refractivity contribution < 1.29 is 4.74 Å². The number of ether oxygens (including phenoxy) is 1. The lowest BCUT2D eigenvalue weighted by Crippen LogP contribution is -2.26. The van der Waals surface area contributed by atoms with Crippen molar-refractivity contribution in [1.82, 2.24) is 10.3 Å². The predicted octanol–water partition coefficient (Wildman–Crippen LogP) is 1.24. The molecule has 0 aliphatic heterocycles. The van der Waals surface area contributed by atoms with Gasteiger partial charge in [0, 0.05) is 24.7 Å². The maximum Gasteiger partial charge on any atom is 0.212 e. The summed E-state index contributed by atoms with van der Waals surface area (Å²) in [7, 11) is 3.52. The van der Waals surface area contributed by atoms with Crippen LogP contribution in [0.3, 0.4) is 0 Å². The van der Waals surface area contributed by atoms with Crippen molar-refractivity contribution in [1.29, 1.82) is 0 Å². The van der Waals surface area contributed by atoms with Crippen molar-refractivity contribution in [3.05, 3.63) is 23.9 Å². The van der Waals surface area contributed by atoms with Crippen LogP contribution in [0.25, 0.3) is 0 Å². The quantitative estimate of drug-likeness (QED) is 0.733. The van der Waals surface area contributed by atoms with E-state index < -0.39 is 0 Å². The van der Waals surface area contributed by atoms with Crippen LogP contribution in [0.4, 0.5) is 0 Å². The molecule has 1 aromatic rings. The summed E-state index contributed by atoms with van der Waals surface area (Å²) in [5, 5.41) is 3.18. The Hall–Kier alpha value is -1.53. The molecule has 80 valence electrons. The van der Waals surface area contributed by atoms with Gasteiger partial charge in [0.05, 0.1) is 7.11 Å². The third-order valence-electron chi connectivity index (χ3n) is 2.26. The van der Waals surface area contributed by atoms with Crippen molar-refractivity contribution in [2.45, 2.75) is 18.9 Å². The first-order chi connectivity index (χ1) is 7.30. The highest BCUT2D eigenvalue weighted by atomic mass is 16.5. The Morgan fingerprint density at radius 1 is 1.60 bits per heavy atom. The van der Waals surface area contributed by atoms with Gasteiger partial charge in [-0.1, -0.05) is 6.07 Å². The average Bonchev–Trinajstić information content (AvgIpc) is 2.29. The summed E-state index contributed by atoms with van der Waals surface area (Å²) in [6.07, 6.45) is 8.71. The van der Waals surface area contributed by atoms with Crippen molar-refractivity contribution in [3.63, 3.8) is 0 Å². The Bertz CT molecular complexity index is 326. The van der Waals surface area contributed by atoms with E-state index >= 15 is 0 Å². The van der Waals surface area contributed by atoms with Gasteiger partial charge in [-0.15, -0.1) is 12.3 Å². The first kappa shape index (κ1) is 11.5. The fraction of sp³-hybridized carbons (Fsp3) is 0.417. The molecule has 0 amide bonds. The van der Waals surface area contributed by atoms with Crippen LogP contribution in [0.2, 0.25) is 0 Å². The fourth-order valence-electron chi connectivity index (χ4n) is 1.36. The molecule has 1 rings (SSSR count). The van der Waals surface area contributed by atoms with E-state index in [-0.39, 0.29) is 0 Å². The highest BCUT2D eigenvalue weighted by Gasteiger charge is 2.05. The Morgan fingerprint density at radius 2 is 2.40 bits per heavy atom. The van der Waals surface area contributed by atoms with E-state index in [0.29, 0.717) is 11.9 Å². The second kappa shape index (κ2) is 6.05. The van der Waals surface area contributed by atoms with E-state index in [1.165, 1.54) is 0 Å². The van der Waals surface area contributed by atoms with Gasteiger partial charge in [-0.05, 0) is 19.0 Å². The average molecular weight is 204 g/mol. The van der Waals surface area contributed by atoms with Gasteiger partial charge in [0.2, 0.25) is 5.88 Å². The summed E-state index contributed by atoms with van der Waals surface area (Å²) in [5.41, 5.74) is 1.16. The molecule has 0 aromatic carbocycles. The third kappa shape index (κ3) is 3.61. The number of methoxy groups -OCH3 is 1. The van der Waals surface area contributed by atoms with Gasteiger partial charge in [-0.3, -0.25) is 0 Å². The highest BCUT2D eigenvalue weighted by Crippen LogP contribution is 2.09. The number of aromatic nitrogens is 1. The summed E-state index contributed by atoms with van der Waals surface area (Å²) < 4.78 is 4.99. The summed E-state index contributed by atoms with van der Waals surface area (Å²) in [5.74, 6) is 3.29. The van der Waals surface area contributed by atoms with E-state index in [1.807, 2.05) is 25.4 Å². The Labute approximate surface area is 90.9 Å². The molecule has 0 saturated heterocycles.